The highest BCUT2D eigenvalue weighted by atomic mass is 14.8. The van der Waals surface area contributed by atoms with E-state index in [2.05, 4.69) is 36.0 Å². The van der Waals surface area contributed by atoms with Crippen LogP contribution in [0.15, 0.2) is 24.3 Å². The van der Waals surface area contributed by atoms with Crippen LogP contribution in [0, 0.1) is 13.5 Å². The molecule has 0 bridgehead atoms. The first kappa shape index (κ1) is 9.27. The molecule has 1 fully saturated rings. The van der Waals surface area contributed by atoms with Crippen molar-refractivity contribution in [2.75, 3.05) is 0 Å². The molecule has 0 heterocycles. The number of benzene rings is 1. The Kier molecular flexibility index (Phi) is 2.29. The van der Waals surface area contributed by atoms with E-state index in [-0.39, 0.29) is 5.54 Å². The van der Waals surface area contributed by atoms with E-state index in [1.54, 1.807) is 0 Å². The van der Waals surface area contributed by atoms with Gasteiger partial charge < -0.3 is 4.85 Å². The fraction of sp³-hybridized carbons (Fsp3) is 0.462. The standard InChI is InChI=1S/C13H15N/c1-11-5-3-6-12(9-11)10-13(14-2)7-4-8-13/h3,5-6,9H,4,7-8,10H2,1H3. The van der Waals surface area contributed by atoms with Crippen molar-refractivity contribution in [1.82, 2.24) is 0 Å². The molecule has 72 valence electrons. The lowest BCUT2D eigenvalue weighted by Gasteiger charge is -2.30. The van der Waals surface area contributed by atoms with Crippen molar-refractivity contribution in [3.8, 4) is 0 Å². The van der Waals surface area contributed by atoms with E-state index in [1.165, 1.54) is 17.5 Å². The lowest BCUT2D eigenvalue weighted by molar-refractivity contribution is 0.301. The third kappa shape index (κ3) is 1.65. The average molecular weight is 185 g/mol. The van der Waals surface area contributed by atoms with Gasteiger partial charge in [-0.15, -0.1) is 0 Å². The number of nitrogens with zero attached hydrogens (tertiary/aromatic N) is 1. The Hall–Kier alpha value is -1.29. The second-order valence-corrected chi connectivity index (χ2v) is 4.36. The van der Waals surface area contributed by atoms with Gasteiger partial charge in [0.1, 0.15) is 0 Å². The Labute approximate surface area is 85.6 Å². The monoisotopic (exact) mass is 185 g/mol. The van der Waals surface area contributed by atoms with Crippen molar-refractivity contribution >= 4 is 0 Å². The lowest BCUT2D eigenvalue weighted by atomic mass is 9.73. The molecule has 1 nitrogen and oxygen atoms in total. The van der Waals surface area contributed by atoms with Crippen LogP contribution in [0.2, 0.25) is 0 Å². The fourth-order valence-corrected chi connectivity index (χ4v) is 2.12. The van der Waals surface area contributed by atoms with Gasteiger partial charge in [0.05, 0.1) is 6.42 Å². The van der Waals surface area contributed by atoms with Crippen molar-refractivity contribution in [3.05, 3.63) is 46.8 Å². The molecule has 1 aliphatic rings. The van der Waals surface area contributed by atoms with E-state index in [4.69, 9.17) is 6.57 Å². The maximum Gasteiger partial charge on any atom is 0.236 e. The van der Waals surface area contributed by atoms with Crippen LogP contribution < -0.4 is 0 Å². The number of aryl methyl sites for hydroxylation is 1. The molecule has 0 saturated heterocycles. The molecule has 1 saturated carbocycles. The average Bonchev–Trinajstić information content (AvgIpc) is 2.11. The summed E-state index contributed by atoms with van der Waals surface area (Å²) in [5, 5.41) is 0. The second-order valence-electron chi connectivity index (χ2n) is 4.36. The van der Waals surface area contributed by atoms with Crippen LogP contribution in [0.5, 0.6) is 0 Å². The Morgan fingerprint density at radius 1 is 1.43 bits per heavy atom. The summed E-state index contributed by atoms with van der Waals surface area (Å²) in [6.07, 6.45) is 4.35. The fourth-order valence-electron chi connectivity index (χ4n) is 2.12. The highest BCUT2D eigenvalue weighted by Gasteiger charge is 2.43. The molecule has 1 aliphatic carbocycles. The van der Waals surface area contributed by atoms with Crippen molar-refractivity contribution in [3.63, 3.8) is 0 Å². The summed E-state index contributed by atoms with van der Waals surface area (Å²) in [6, 6.07) is 8.53. The summed E-state index contributed by atoms with van der Waals surface area (Å²) in [4.78, 5) is 3.80. The molecule has 0 spiro atoms. The maximum atomic E-state index is 7.24. The minimum absolute atomic E-state index is 0.0478. The quantitative estimate of drug-likeness (QED) is 0.622. The predicted molar refractivity (Wildman–Crippen MR) is 58.1 cm³/mol. The van der Waals surface area contributed by atoms with E-state index in [9.17, 15) is 0 Å². The molecule has 1 aromatic rings. The molecule has 0 radical (unpaired) electrons. The van der Waals surface area contributed by atoms with Gasteiger partial charge in [-0.2, -0.15) is 0 Å². The first-order chi connectivity index (χ1) is 6.74. The van der Waals surface area contributed by atoms with Gasteiger partial charge in [0, 0.05) is 12.8 Å². The summed E-state index contributed by atoms with van der Waals surface area (Å²) < 4.78 is 0. The molecule has 0 N–H and O–H groups in total. The third-order valence-electron chi connectivity index (χ3n) is 3.14. The molecule has 14 heavy (non-hydrogen) atoms. The second kappa shape index (κ2) is 3.46. The summed E-state index contributed by atoms with van der Waals surface area (Å²) in [5.41, 5.74) is 2.57. The summed E-state index contributed by atoms with van der Waals surface area (Å²) in [7, 11) is 0. The molecule has 1 aromatic carbocycles. The number of hydrogen-bond acceptors (Lipinski definition) is 0. The predicted octanol–water partition coefficient (Wildman–Crippen LogP) is 3.38. The van der Waals surface area contributed by atoms with Crippen LogP contribution >= 0.6 is 0 Å². The van der Waals surface area contributed by atoms with Crippen molar-refractivity contribution < 1.29 is 0 Å². The van der Waals surface area contributed by atoms with Gasteiger partial charge in [0.25, 0.3) is 0 Å². The highest BCUT2D eigenvalue weighted by Crippen LogP contribution is 2.38. The van der Waals surface area contributed by atoms with Crippen LogP contribution in [0.1, 0.15) is 30.4 Å². The van der Waals surface area contributed by atoms with Gasteiger partial charge in [-0.25, -0.2) is 6.57 Å². The molecule has 0 amide bonds. The third-order valence-corrected chi connectivity index (χ3v) is 3.14. The van der Waals surface area contributed by atoms with E-state index >= 15 is 0 Å². The molecular weight excluding hydrogens is 170 g/mol. The minimum Gasteiger partial charge on any atom is -0.310 e. The Morgan fingerprint density at radius 3 is 2.71 bits per heavy atom. The van der Waals surface area contributed by atoms with Gasteiger partial charge in [0.2, 0.25) is 5.54 Å². The van der Waals surface area contributed by atoms with Gasteiger partial charge in [-0.05, 0) is 18.9 Å². The topological polar surface area (TPSA) is 4.36 Å². The van der Waals surface area contributed by atoms with Crippen LogP contribution in [0.3, 0.4) is 0 Å². The molecule has 0 aromatic heterocycles. The van der Waals surface area contributed by atoms with E-state index in [1.807, 2.05) is 0 Å². The Balaban J connectivity index is 2.14. The van der Waals surface area contributed by atoms with E-state index in [0.29, 0.717) is 0 Å². The highest BCUT2D eigenvalue weighted by molar-refractivity contribution is 5.26. The SMILES string of the molecule is [C-]#[N+]C1(Cc2cccc(C)c2)CCC1. The molecule has 0 aliphatic heterocycles. The smallest absolute Gasteiger partial charge is 0.236 e. The lowest BCUT2D eigenvalue weighted by Crippen LogP contribution is -2.35. The first-order valence-electron chi connectivity index (χ1n) is 5.18. The Morgan fingerprint density at radius 2 is 2.21 bits per heavy atom. The molecule has 0 atom stereocenters. The molecule has 1 heteroatoms. The van der Waals surface area contributed by atoms with Gasteiger partial charge >= 0.3 is 0 Å². The maximum absolute atomic E-state index is 7.24. The molecular formula is C13H15N. The van der Waals surface area contributed by atoms with Crippen LogP contribution in [-0.4, -0.2) is 5.54 Å². The van der Waals surface area contributed by atoms with Gasteiger partial charge in [-0.3, -0.25) is 0 Å². The van der Waals surface area contributed by atoms with Crippen molar-refractivity contribution in [2.24, 2.45) is 0 Å². The van der Waals surface area contributed by atoms with E-state index in [0.717, 1.165) is 19.3 Å². The largest absolute Gasteiger partial charge is 0.310 e. The molecule has 2 rings (SSSR count). The van der Waals surface area contributed by atoms with E-state index < -0.39 is 0 Å². The number of hydrogen-bond donors (Lipinski definition) is 0. The van der Waals surface area contributed by atoms with Gasteiger partial charge in [0.15, 0.2) is 0 Å². The summed E-state index contributed by atoms with van der Waals surface area (Å²) in [6.45, 7) is 9.34. The van der Waals surface area contributed by atoms with Crippen LogP contribution in [0.4, 0.5) is 0 Å². The first-order valence-corrected chi connectivity index (χ1v) is 5.18. The zero-order valence-corrected chi connectivity index (χ0v) is 8.59. The van der Waals surface area contributed by atoms with Crippen molar-refractivity contribution in [1.29, 1.82) is 0 Å². The zero-order valence-electron chi connectivity index (χ0n) is 8.59. The van der Waals surface area contributed by atoms with Crippen LogP contribution in [-0.2, 0) is 6.42 Å². The van der Waals surface area contributed by atoms with Crippen molar-refractivity contribution in [2.45, 2.75) is 38.1 Å². The van der Waals surface area contributed by atoms with Crippen LogP contribution in [0.25, 0.3) is 4.85 Å². The summed E-state index contributed by atoms with van der Waals surface area (Å²) >= 11 is 0. The Bertz CT molecular complexity index is 369. The minimum atomic E-state index is -0.0478. The molecule has 0 unspecified atom stereocenters. The zero-order chi connectivity index (χ0) is 10.0. The number of rotatable bonds is 2. The normalized spacial score (nSPS) is 18.3. The summed E-state index contributed by atoms with van der Waals surface area (Å²) in [5.74, 6) is 0. The van der Waals surface area contributed by atoms with Gasteiger partial charge in [-0.1, -0.05) is 29.8 Å².